The number of allylic oxidation sites excluding steroid dienone is 2. The van der Waals surface area contributed by atoms with Gasteiger partial charge in [0.2, 0.25) is 0 Å². The average molecular weight is 770 g/mol. The van der Waals surface area contributed by atoms with Gasteiger partial charge in [0.25, 0.3) is 11.7 Å². The number of Topliss-reactive ketones (excluding diaryl/α,β-unsaturated/α-hetero) is 1. The minimum absolute atomic E-state index is 0.0128. The highest BCUT2D eigenvalue weighted by Gasteiger charge is 2.49. The minimum atomic E-state index is -1.97. The van der Waals surface area contributed by atoms with E-state index < -0.39 is 76.7 Å². The van der Waals surface area contributed by atoms with Gasteiger partial charge in [-0.3, -0.25) is 14.4 Å². The number of benzene rings is 3. The molecule has 1 amide bonds. The van der Waals surface area contributed by atoms with E-state index in [1.54, 1.807) is 64.5 Å². The van der Waals surface area contributed by atoms with E-state index in [0.717, 1.165) is 5.56 Å². The van der Waals surface area contributed by atoms with Crippen LogP contribution in [0, 0.1) is 37.5 Å². The van der Waals surface area contributed by atoms with Crippen LogP contribution >= 0.6 is 0 Å². The molecule has 1 aromatic heterocycles. The lowest BCUT2D eigenvalue weighted by Gasteiger charge is -2.36. The van der Waals surface area contributed by atoms with Gasteiger partial charge >= 0.3 is 5.79 Å². The quantitative estimate of drug-likeness (QED) is 0.0937. The minimum Gasteiger partial charge on any atom is -0.505 e. The zero-order chi connectivity index (χ0) is 41.1. The normalized spacial score (nSPS) is 31.3. The van der Waals surface area contributed by atoms with Crippen molar-refractivity contribution in [2.45, 2.75) is 85.6 Å². The summed E-state index contributed by atoms with van der Waals surface area (Å²) < 4.78 is 19.6. The van der Waals surface area contributed by atoms with Crippen molar-refractivity contribution in [2.24, 2.45) is 30.7 Å². The van der Waals surface area contributed by atoms with Crippen LogP contribution in [0.4, 0.5) is 5.69 Å². The molecule has 13 heteroatoms. The third kappa shape index (κ3) is 6.66. The molecule has 56 heavy (non-hydrogen) atoms. The Kier molecular flexibility index (Phi) is 10.9. The van der Waals surface area contributed by atoms with Crippen LogP contribution in [-0.2, 0) is 21.3 Å². The number of phenols is 1. The first-order chi connectivity index (χ1) is 26.3. The zero-order valence-electron chi connectivity index (χ0n) is 33.4. The standard InChI is InChI=1S/C43H51N3O10/c1-19-14-15-26-27(18-19)46(9)34-32(44-26)29-30-38(50)25(7)40-31(29)41(52)43(8,56-40)55-17-16-28(54-10)22(4)36(48)24(6)37(49)23(5)35(47)20(2)12-11-13-21(3)42(53)45-33(34)39(30)51/h11-18,20,22-24,28,35-37,47-49,51H,1-10H3,(H,45,53)/b12-11+,17-16+,21-13-/t20-,22+,23+,24-,28-,35-,36+,37+,43-/m0/s1. The van der Waals surface area contributed by atoms with Crippen molar-refractivity contribution in [3.05, 3.63) is 81.3 Å². The smallest absolute Gasteiger partial charge is 0.312 e. The summed E-state index contributed by atoms with van der Waals surface area (Å²) in [6, 6.07) is 5.59. The van der Waals surface area contributed by atoms with Crippen LogP contribution in [0.3, 0.4) is 0 Å². The van der Waals surface area contributed by atoms with Crippen LogP contribution in [0.2, 0.25) is 0 Å². The number of nitrogens with one attached hydrogen (secondary N) is 1. The van der Waals surface area contributed by atoms with Gasteiger partial charge in [-0.25, -0.2) is 4.98 Å². The fourth-order valence-electron chi connectivity index (χ4n) is 7.97. The fraction of sp³-hybridized carbons (Fsp3) is 0.442. The van der Waals surface area contributed by atoms with Crippen molar-refractivity contribution < 1.29 is 44.2 Å². The molecule has 0 spiro atoms. The number of ether oxygens (including phenoxy) is 3. The summed E-state index contributed by atoms with van der Waals surface area (Å²) >= 11 is 0. The summed E-state index contributed by atoms with van der Waals surface area (Å²) in [7, 11) is 3.20. The number of phenolic OH excluding ortho intramolecular Hbond substituents is 1. The number of methoxy groups -OCH3 is 1. The lowest BCUT2D eigenvalue weighted by atomic mass is 9.78. The van der Waals surface area contributed by atoms with Crippen LogP contribution in [0.25, 0.3) is 32.8 Å². The molecule has 298 valence electrons. The summed E-state index contributed by atoms with van der Waals surface area (Å²) in [6.45, 7) is 13.3. The number of nitrogens with zero attached hydrogens (tertiary/aromatic N) is 2. The fourth-order valence-corrected chi connectivity index (χ4v) is 7.97. The Balaban J connectivity index is 1.62. The van der Waals surface area contributed by atoms with Gasteiger partial charge in [0.05, 0.1) is 63.7 Å². The Bertz CT molecular complexity index is 2420. The van der Waals surface area contributed by atoms with E-state index >= 15 is 0 Å². The molecule has 4 aromatic rings. The second-order valence-corrected chi connectivity index (χ2v) is 15.6. The van der Waals surface area contributed by atoms with E-state index in [1.807, 2.05) is 25.1 Å². The molecule has 0 radical (unpaired) electrons. The number of anilines is 1. The first kappa shape index (κ1) is 40.6. The molecule has 13 nitrogen and oxygen atoms in total. The van der Waals surface area contributed by atoms with E-state index in [0.29, 0.717) is 11.0 Å². The SMILES string of the molecule is CO[C@H]1/C=C/O[C@@]2(C)Oc3c(C)c(=O)c4c(O)c(c5c(nc6ccc(C)cc6n5C)c4c3C2=O)NC(=O)/C(C)=C\C=C\[C@H](C)[C@H](O)[C@@H](C)[C@@H](O)[C@@H](C)[C@H](O)[C@@H]1C. The first-order valence-corrected chi connectivity index (χ1v) is 18.8. The van der Waals surface area contributed by atoms with Crippen molar-refractivity contribution in [3.63, 3.8) is 0 Å². The number of hydrogen-bond acceptors (Lipinski definition) is 11. The van der Waals surface area contributed by atoms with Gasteiger partial charge < -0.3 is 44.5 Å². The molecule has 0 unspecified atom stereocenters. The number of aliphatic hydroxyl groups is 3. The van der Waals surface area contributed by atoms with E-state index in [1.165, 1.54) is 33.3 Å². The third-order valence-electron chi connectivity index (χ3n) is 11.7. The number of aryl methyl sites for hydroxylation is 2. The second kappa shape index (κ2) is 15.1. The van der Waals surface area contributed by atoms with Crippen LogP contribution < -0.4 is 15.5 Å². The predicted octanol–water partition coefficient (Wildman–Crippen LogP) is 5.48. The summed E-state index contributed by atoms with van der Waals surface area (Å²) in [5, 5.41) is 48.6. The van der Waals surface area contributed by atoms with Crippen LogP contribution in [-0.4, -0.2) is 79.0 Å². The molecular formula is C43H51N3O10. The van der Waals surface area contributed by atoms with Crippen molar-refractivity contribution in [2.75, 3.05) is 12.4 Å². The van der Waals surface area contributed by atoms with Crippen LogP contribution in [0.15, 0.2) is 59.1 Å². The Hall–Kier alpha value is -5.08. The molecule has 3 heterocycles. The molecule has 2 aliphatic heterocycles. The predicted molar refractivity (Wildman–Crippen MR) is 214 cm³/mol. The number of aliphatic hydroxyl groups excluding tert-OH is 3. The molecule has 2 aliphatic rings. The third-order valence-corrected chi connectivity index (χ3v) is 11.7. The van der Waals surface area contributed by atoms with Gasteiger partial charge in [0.1, 0.15) is 11.4 Å². The molecule has 0 saturated carbocycles. The maximum Gasteiger partial charge on any atom is 0.312 e. The monoisotopic (exact) mass is 769 g/mol. The van der Waals surface area contributed by atoms with E-state index in [9.17, 15) is 34.8 Å². The number of carbonyl (C=O) groups excluding carboxylic acids is 2. The molecular weight excluding hydrogens is 718 g/mol. The van der Waals surface area contributed by atoms with Crippen molar-refractivity contribution in [1.82, 2.24) is 9.55 Å². The van der Waals surface area contributed by atoms with Crippen molar-refractivity contribution >= 4 is 50.2 Å². The molecule has 9 atom stereocenters. The number of amides is 1. The topological polar surface area (TPSA) is 190 Å². The molecule has 3 aromatic carbocycles. The zero-order valence-corrected chi connectivity index (χ0v) is 33.4. The van der Waals surface area contributed by atoms with Gasteiger partial charge in [-0.1, -0.05) is 52.0 Å². The molecule has 5 N–H and O–H groups in total. The summed E-state index contributed by atoms with van der Waals surface area (Å²) in [5.41, 5.74) is 2.11. The van der Waals surface area contributed by atoms with Crippen molar-refractivity contribution in [3.8, 4) is 11.5 Å². The molecule has 6 rings (SSSR count). The highest BCUT2D eigenvalue weighted by Crippen LogP contribution is 2.48. The summed E-state index contributed by atoms with van der Waals surface area (Å²) in [6.07, 6.45) is 3.73. The maximum absolute atomic E-state index is 14.6. The molecule has 0 fully saturated rings. The number of carbonyl (C=O) groups is 2. The van der Waals surface area contributed by atoms with Crippen LogP contribution in [0.1, 0.15) is 63.0 Å². The van der Waals surface area contributed by atoms with Gasteiger partial charge in [0, 0.05) is 61.3 Å². The highest BCUT2D eigenvalue weighted by atomic mass is 16.7. The summed E-state index contributed by atoms with van der Waals surface area (Å²) in [4.78, 5) is 47.6. The Morgan fingerprint density at radius 3 is 2.27 bits per heavy atom. The van der Waals surface area contributed by atoms with Gasteiger partial charge in [-0.15, -0.1) is 0 Å². The first-order valence-electron chi connectivity index (χ1n) is 18.8. The van der Waals surface area contributed by atoms with Gasteiger partial charge in [0.15, 0.2) is 11.2 Å². The largest absolute Gasteiger partial charge is 0.505 e. The lowest BCUT2D eigenvalue weighted by molar-refractivity contribution is -0.112. The molecule has 0 aliphatic carbocycles. The summed E-state index contributed by atoms with van der Waals surface area (Å²) in [5.74, 6) is -6.13. The molecule has 4 bridgehead atoms. The number of hydrogen-bond donors (Lipinski definition) is 5. The molecule has 0 saturated heterocycles. The van der Waals surface area contributed by atoms with Gasteiger partial charge in [-0.2, -0.15) is 0 Å². The number of fused-ring (bicyclic) bond motifs is 2. The van der Waals surface area contributed by atoms with E-state index in [4.69, 9.17) is 19.2 Å². The maximum atomic E-state index is 14.6. The van der Waals surface area contributed by atoms with Gasteiger partial charge in [-0.05, 0) is 44.5 Å². The number of aromatic nitrogens is 2. The Morgan fingerprint density at radius 2 is 1.59 bits per heavy atom. The number of ketones is 1. The Labute approximate surface area is 324 Å². The average Bonchev–Trinajstić information content (AvgIpc) is 3.43. The number of aromatic hydroxyl groups is 1. The van der Waals surface area contributed by atoms with Crippen LogP contribution in [0.5, 0.6) is 11.5 Å². The Morgan fingerprint density at radius 1 is 0.929 bits per heavy atom. The van der Waals surface area contributed by atoms with E-state index in [-0.39, 0.29) is 49.9 Å². The second-order valence-electron chi connectivity index (χ2n) is 15.6. The van der Waals surface area contributed by atoms with E-state index in [2.05, 4.69) is 5.32 Å². The van der Waals surface area contributed by atoms with Crippen molar-refractivity contribution in [1.29, 1.82) is 0 Å². The lowest BCUT2D eigenvalue weighted by Crippen LogP contribution is -2.44. The number of rotatable bonds is 1. The highest BCUT2D eigenvalue weighted by molar-refractivity contribution is 6.27.